The van der Waals surface area contributed by atoms with Gasteiger partial charge in [0.2, 0.25) is 0 Å². The Morgan fingerprint density at radius 1 is 0.260 bits per heavy atom. The summed E-state index contributed by atoms with van der Waals surface area (Å²) in [5.41, 5.74) is 17.3. The predicted octanol–water partition coefficient (Wildman–Crippen LogP) is 26.7. The van der Waals surface area contributed by atoms with Gasteiger partial charge in [-0.25, -0.2) is 29.9 Å². The molecule has 96 heavy (non-hydrogen) atoms. The lowest BCUT2D eigenvalue weighted by atomic mass is 9.86. The first-order valence-corrected chi connectivity index (χ1v) is 39.9. The van der Waals surface area contributed by atoms with Gasteiger partial charge in [0.25, 0.3) is 0 Å². The summed E-state index contributed by atoms with van der Waals surface area (Å²) in [4.78, 5) is 43.7. The van der Waals surface area contributed by atoms with Crippen LogP contribution in [0, 0.1) is 0 Å². The second kappa shape index (κ2) is 37.1. The molecule has 0 spiro atoms. The fourth-order valence-electron chi connectivity index (χ4n) is 15.6. The van der Waals surface area contributed by atoms with E-state index in [0.29, 0.717) is 0 Å². The summed E-state index contributed by atoms with van der Waals surface area (Å²) in [6.07, 6.45) is 50.6. The number of nitrogens with one attached hydrogen (secondary N) is 2. The number of aromatic nitrogens is 8. The van der Waals surface area contributed by atoms with Crippen LogP contribution in [0.15, 0.2) is 66.7 Å². The summed E-state index contributed by atoms with van der Waals surface area (Å²) in [5, 5.41) is 6.89. The van der Waals surface area contributed by atoms with Crippen LogP contribution in [0.1, 0.15) is 332 Å². The van der Waals surface area contributed by atoms with Crippen molar-refractivity contribution in [1.29, 1.82) is 0 Å². The molecule has 3 aromatic heterocycles. The van der Waals surface area contributed by atoms with Crippen molar-refractivity contribution >= 4 is 54.9 Å². The van der Waals surface area contributed by atoms with E-state index in [-0.39, 0.29) is 5.41 Å². The van der Waals surface area contributed by atoms with Crippen LogP contribution in [0.2, 0.25) is 0 Å². The molecule has 0 amide bonds. The lowest BCUT2D eigenvalue weighted by Gasteiger charge is -2.19. The molecule has 0 radical (unpaired) electrons. The molecule has 8 bridgehead atoms. The summed E-state index contributed by atoms with van der Waals surface area (Å²) in [6.45, 7) is 20.9. The van der Waals surface area contributed by atoms with Crippen molar-refractivity contribution in [3.05, 3.63) is 106 Å². The molecule has 0 saturated carbocycles. The molecule has 8 heteroatoms. The standard InChI is InChI=1S/C88H124N8/c1-10-16-22-28-34-40-46-63-52-54-65(48-42-36-30-24-18-12-3)76-74(63)82-90-80-72-61-69-58-59-71(88(7,8)9)60-70(69)62-73(72)81(89-80)91-83-75-64(47-41-35-29-23-17-11-2)53-55-66(49-43-37-31-25-19-13-4)77(75)85(93-83)95-87-79-68(51-45-39-33-27-21-15-6)57-56-67(50-44-38-32-26-20-14-5)78(79)86(96-87)94-84(76)92-82/h52-62H,10-51H2,1-9H3,(H2,89,90,91,92,93,94,95,96). The first-order valence-electron chi connectivity index (χ1n) is 39.9. The van der Waals surface area contributed by atoms with Gasteiger partial charge in [-0.05, 0) is 144 Å². The second-order valence-electron chi connectivity index (χ2n) is 30.3. The van der Waals surface area contributed by atoms with Crippen LogP contribution in [0.25, 0.3) is 100 Å². The van der Waals surface area contributed by atoms with Crippen LogP contribution >= 0.6 is 0 Å². The lowest BCUT2D eigenvalue weighted by molar-refractivity contribution is 0.591. The molecule has 5 heterocycles. The lowest BCUT2D eigenvalue weighted by Crippen LogP contribution is -2.10. The molecule has 5 aromatic carbocycles. The smallest absolute Gasteiger partial charge is 0.165 e. The quantitative estimate of drug-likeness (QED) is 0.0369. The van der Waals surface area contributed by atoms with Crippen LogP contribution in [0.5, 0.6) is 0 Å². The van der Waals surface area contributed by atoms with E-state index >= 15 is 0 Å². The summed E-state index contributed by atoms with van der Waals surface area (Å²) in [7, 11) is 0. The van der Waals surface area contributed by atoms with E-state index in [2.05, 4.69) is 139 Å². The van der Waals surface area contributed by atoms with Crippen molar-refractivity contribution in [3.63, 3.8) is 0 Å². The second-order valence-corrected chi connectivity index (χ2v) is 30.3. The Morgan fingerprint density at radius 3 is 0.833 bits per heavy atom. The van der Waals surface area contributed by atoms with Crippen LogP contribution < -0.4 is 0 Å². The maximum absolute atomic E-state index is 6.05. The Kier molecular flexibility index (Phi) is 28.0. The highest BCUT2D eigenvalue weighted by atomic mass is 15.1. The molecule has 0 saturated heterocycles. The van der Waals surface area contributed by atoms with E-state index in [1.165, 1.54) is 264 Å². The molecular formula is C88H124N8. The van der Waals surface area contributed by atoms with Crippen molar-refractivity contribution in [1.82, 2.24) is 39.9 Å². The van der Waals surface area contributed by atoms with Crippen molar-refractivity contribution in [2.24, 2.45) is 0 Å². The number of hydrogen-bond acceptors (Lipinski definition) is 6. The Labute approximate surface area is 580 Å². The number of nitrogens with zero attached hydrogens (tertiary/aromatic N) is 6. The summed E-state index contributed by atoms with van der Waals surface area (Å²) in [6, 6.07) is 26.5. The highest BCUT2D eigenvalue weighted by Crippen LogP contribution is 2.45. The van der Waals surface area contributed by atoms with Crippen molar-refractivity contribution in [2.75, 3.05) is 0 Å². The molecule has 8 aromatic rings. The molecule has 2 N–H and O–H groups in total. The average Bonchev–Trinajstić information content (AvgIpc) is 1.58. The van der Waals surface area contributed by atoms with E-state index in [9.17, 15) is 0 Å². The zero-order chi connectivity index (χ0) is 67.1. The fraction of sp³-hybridized carbons (Fsp3) is 0.591. The number of aromatic amines is 2. The minimum atomic E-state index is -0.0136. The van der Waals surface area contributed by atoms with E-state index in [1.54, 1.807) is 0 Å². The van der Waals surface area contributed by atoms with Gasteiger partial charge in [-0.3, -0.25) is 0 Å². The molecule has 8 nitrogen and oxygen atoms in total. The predicted molar refractivity (Wildman–Crippen MR) is 415 cm³/mol. The average molecular weight is 1290 g/mol. The van der Waals surface area contributed by atoms with Gasteiger partial charge in [-0.1, -0.05) is 310 Å². The van der Waals surface area contributed by atoms with Gasteiger partial charge in [0, 0.05) is 43.8 Å². The molecule has 10 rings (SSSR count). The summed E-state index contributed by atoms with van der Waals surface area (Å²) >= 11 is 0. The molecule has 0 aliphatic carbocycles. The normalized spacial score (nSPS) is 12.3. The first kappa shape index (κ1) is 72.5. The Morgan fingerprint density at radius 2 is 0.521 bits per heavy atom. The van der Waals surface area contributed by atoms with Gasteiger partial charge in [0.1, 0.15) is 22.6 Å². The van der Waals surface area contributed by atoms with Gasteiger partial charge >= 0.3 is 0 Å². The molecular weight excluding hydrogens is 1170 g/mol. The number of benzene rings is 5. The number of hydrogen-bond donors (Lipinski definition) is 2. The number of unbranched alkanes of at least 4 members (excludes halogenated alkanes) is 30. The van der Waals surface area contributed by atoms with E-state index in [1.807, 2.05) is 0 Å². The minimum absolute atomic E-state index is 0.0136. The van der Waals surface area contributed by atoms with Gasteiger partial charge in [-0.2, -0.15) is 0 Å². The van der Waals surface area contributed by atoms with Crippen LogP contribution in [-0.4, -0.2) is 39.9 Å². The molecule has 2 aliphatic rings. The zero-order valence-corrected chi connectivity index (χ0v) is 61.7. The largest absolute Gasteiger partial charge is 0.324 e. The topological polar surface area (TPSA) is 109 Å². The van der Waals surface area contributed by atoms with E-state index in [4.69, 9.17) is 29.9 Å². The molecule has 516 valence electrons. The first-order chi connectivity index (χ1) is 47.1. The van der Waals surface area contributed by atoms with Crippen LogP contribution in [0.4, 0.5) is 0 Å². The van der Waals surface area contributed by atoms with Crippen LogP contribution in [-0.2, 0) is 43.9 Å². The zero-order valence-electron chi connectivity index (χ0n) is 61.7. The van der Waals surface area contributed by atoms with E-state index < -0.39 is 0 Å². The monoisotopic (exact) mass is 1290 g/mol. The SMILES string of the molecule is CCCCCCCCc1ccc(CCCCCCCC)c2c1-c1nc-2nc2[nH]c(nc3nc(nc4[nH]c(n1)c1cc5ccc(C(C)(C)C)cc5cc41)-c1c(CCCCCCCC)ccc(CCCCCCCC)c1-3)c1c(CCCCCCCC)ccc(CCCCCCCC)c21. The van der Waals surface area contributed by atoms with Gasteiger partial charge < -0.3 is 9.97 Å². The van der Waals surface area contributed by atoms with Gasteiger partial charge in [-0.15, -0.1) is 0 Å². The van der Waals surface area contributed by atoms with Gasteiger partial charge in [0.15, 0.2) is 23.3 Å². The van der Waals surface area contributed by atoms with Gasteiger partial charge in [0.05, 0.1) is 0 Å². The number of fused-ring (bicyclic) bond motifs is 21. The summed E-state index contributed by atoms with van der Waals surface area (Å²) < 4.78 is 0. The molecule has 0 fully saturated rings. The third-order valence-electron chi connectivity index (χ3n) is 21.4. The number of H-pyrrole nitrogens is 2. The Bertz CT molecular complexity index is 3950. The van der Waals surface area contributed by atoms with Crippen molar-refractivity contribution < 1.29 is 0 Å². The van der Waals surface area contributed by atoms with Crippen molar-refractivity contribution in [3.8, 4) is 45.6 Å². The Hall–Kier alpha value is -6.28. The maximum Gasteiger partial charge on any atom is 0.165 e. The third kappa shape index (κ3) is 18.7. The highest BCUT2D eigenvalue weighted by molar-refractivity contribution is 6.12. The van der Waals surface area contributed by atoms with Crippen LogP contribution in [0.3, 0.4) is 0 Å². The van der Waals surface area contributed by atoms with Crippen molar-refractivity contribution in [2.45, 2.75) is 337 Å². The molecule has 0 unspecified atom stereocenters. The number of aryl methyl sites for hydroxylation is 6. The molecule has 0 atom stereocenters. The number of rotatable bonds is 42. The highest BCUT2D eigenvalue weighted by Gasteiger charge is 2.30. The minimum Gasteiger partial charge on any atom is -0.324 e. The molecule has 2 aliphatic heterocycles. The maximum atomic E-state index is 6.05. The van der Waals surface area contributed by atoms with E-state index in [0.717, 1.165) is 145 Å². The summed E-state index contributed by atoms with van der Waals surface area (Å²) in [5.74, 6) is 3.03. The third-order valence-corrected chi connectivity index (χ3v) is 21.4. The fourth-order valence-corrected chi connectivity index (χ4v) is 15.6. The Balaban J connectivity index is 1.31.